The van der Waals surface area contributed by atoms with Gasteiger partial charge < -0.3 is 8.71 Å². The quantitative estimate of drug-likeness (QED) is 0.809. The summed E-state index contributed by atoms with van der Waals surface area (Å²) in [7, 11) is -3.92. The third kappa shape index (κ3) is 2.78. The number of hydrogen-bond donors (Lipinski definition) is 0. The smallest absolute Gasteiger partial charge is 0.344 e. The van der Waals surface area contributed by atoms with Gasteiger partial charge >= 0.3 is 10.1 Å². The summed E-state index contributed by atoms with van der Waals surface area (Å²) in [5, 5.41) is 3.63. The highest BCUT2D eigenvalue weighted by atomic mass is 32.2. The van der Waals surface area contributed by atoms with Crippen LogP contribution in [0.15, 0.2) is 27.6 Å². The summed E-state index contributed by atoms with van der Waals surface area (Å²) in [6, 6.07) is 5.28. The number of benzene rings is 1. The largest absolute Gasteiger partial charge is 0.379 e. The molecular formula is C13H15NO4S. The first-order chi connectivity index (χ1) is 8.79. The van der Waals surface area contributed by atoms with E-state index in [1.165, 1.54) is 6.92 Å². The summed E-state index contributed by atoms with van der Waals surface area (Å²) in [5.74, 6) is 0.513. The van der Waals surface area contributed by atoms with Crippen LogP contribution >= 0.6 is 0 Å². The summed E-state index contributed by atoms with van der Waals surface area (Å²) in [6.07, 6.45) is 0. The fraction of sp³-hybridized carbons (Fsp3) is 0.308. The Balaban J connectivity index is 2.42. The molecule has 0 radical (unpaired) electrons. The molecule has 1 heterocycles. The Bertz CT molecular complexity index is 676. The van der Waals surface area contributed by atoms with Crippen molar-refractivity contribution in [3.63, 3.8) is 0 Å². The minimum absolute atomic E-state index is 0.00772. The Morgan fingerprint density at radius 3 is 2.11 bits per heavy atom. The van der Waals surface area contributed by atoms with E-state index in [0.717, 1.165) is 11.1 Å². The zero-order chi connectivity index (χ0) is 14.2. The second kappa shape index (κ2) is 4.70. The van der Waals surface area contributed by atoms with Crippen LogP contribution in [0.5, 0.6) is 5.75 Å². The third-order valence-corrected chi connectivity index (χ3v) is 4.11. The lowest BCUT2D eigenvalue weighted by atomic mass is 10.1. The predicted molar refractivity (Wildman–Crippen MR) is 69.7 cm³/mol. The molecule has 0 aliphatic rings. The SMILES string of the molecule is Cc1cc(C)cc(OS(=O)(=O)c2c(C)noc2C)c1. The minimum atomic E-state index is -3.92. The average Bonchev–Trinajstić information content (AvgIpc) is 2.56. The fourth-order valence-electron chi connectivity index (χ4n) is 1.98. The van der Waals surface area contributed by atoms with E-state index in [-0.39, 0.29) is 16.4 Å². The van der Waals surface area contributed by atoms with Gasteiger partial charge in [-0.2, -0.15) is 8.42 Å². The van der Waals surface area contributed by atoms with Crippen molar-refractivity contribution in [2.45, 2.75) is 32.6 Å². The molecule has 0 saturated carbocycles. The topological polar surface area (TPSA) is 69.4 Å². The highest BCUT2D eigenvalue weighted by Crippen LogP contribution is 2.25. The molecule has 0 atom stereocenters. The van der Waals surface area contributed by atoms with Gasteiger partial charge in [0.15, 0.2) is 10.7 Å². The second-order valence-corrected chi connectivity index (χ2v) is 6.00. The van der Waals surface area contributed by atoms with E-state index in [1.807, 2.05) is 19.9 Å². The lowest BCUT2D eigenvalue weighted by molar-refractivity contribution is 0.390. The molecule has 0 N–H and O–H groups in total. The van der Waals surface area contributed by atoms with Crippen LogP contribution in [0.1, 0.15) is 22.6 Å². The first-order valence-electron chi connectivity index (χ1n) is 5.75. The van der Waals surface area contributed by atoms with Gasteiger partial charge in [0.1, 0.15) is 11.4 Å². The van der Waals surface area contributed by atoms with Crippen molar-refractivity contribution >= 4 is 10.1 Å². The van der Waals surface area contributed by atoms with Crippen LogP contribution in [-0.2, 0) is 10.1 Å². The first-order valence-corrected chi connectivity index (χ1v) is 7.16. The summed E-state index contributed by atoms with van der Waals surface area (Å²) < 4.78 is 34.4. The molecule has 102 valence electrons. The van der Waals surface area contributed by atoms with Crippen molar-refractivity contribution in [2.75, 3.05) is 0 Å². The minimum Gasteiger partial charge on any atom is -0.379 e. The monoisotopic (exact) mass is 281 g/mol. The van der Waals surface area contributed by atoms with Gasteiger partial charge in [-0.25, -0.2) is 0 Å². The van der Waals surface area contributed by atoms with Gasteiger partial charge in [0.25, 0.3) is 0 Å². The van der Waals surface area contributed by atoms with Gasteiger partial charge in [0.05, 0.1) is 0 Å². The van der Waals surface area contributed by atoms with E-state index in [2.05, 4.69) is 5.16 Å². The maximum absolute atomic E-state index is 12.2. The molecule has 0 amide bonds. The summed E-state index contributed by atoms with van der Waals surface area (Å²) >= 11 is 0. The number of hydrogen-bond acceptors (Lipinski definition) is 5. The Kier molecular flexibility index (Phi) is 3.36. The molecule has 0 unspecified atom stereocenters. The molecule has 0 aliphatic heterocycles. The van der Waals surface area contributed by atoms with Gasteiger partial charge in [-0.15, -0.1) is 0 Å². The van der Waals surface area contributed by atoms with E-state index in [9.17, 15) is 8.42 Å². The van der Waals surface area contributed by atoms with Crippen LogP contribution in [0, 0.1) is 27.7 Å². The maximum Gasteiger partial charge on any atom is 0.344 e. The average molecular weight is 281 g/mol. The maximum atomic E-state index is 12.2. The Morgan fingerprint density at radius 2 is 1.63 bits per heavy atom. The Morgan fingerprint density at radius 1 is 1.05 bits per heavy atom. The number of aromatic nitrogens is 1. The van der Waals surface area contributed by atoms with Crippen LogP contribution < -0.4 is 4.18 Å². The van der Waals surface area contributed by atoms with Gasteiger partial charge in [-0.1, -0.05) is 11.2 Å². The van der Waals surface area contributed by atoms with Crippen LogP contribution in [0.3, 0.4) is 0 Å². The van der Waals surface area contributed by atoms with Crippen LogP contribution in [0.25, 0.3) is 0 Å². The summed E-state index contributed by atoms with van der Waals surface area (Å²) in [4.78, 5) is -0.00772. The highest BCUT2D eigenvalue weighted by molar-refractivity contribution is 7.87. The van der Waals surface area contributed by atoms with Gasteiger partial charge in [0.2, 0.25) is 0 Å². The lowest BCUT2D eigenvalue weighted by Crippen LogP contribution is -2.11. The van der Waals surface area contributed by atoms with E-state index >= 15 is 0 Å². The van der Waals surface area contributed by atoms with Crippen molar-refractivity contribution in [1.82, 2.24) is 5.16 Å². The first kappa shape index (κ1) is 13.6. The molecule has 5 nitrogen and oxygen atoms in total. The Hall–Kier alpha value is -1.82. The van der Waals surface area contributed by atoms with Gasteiger partial charge in [0, 0.05) is 0 Å². The van der Waals surface area contributed by atoms with Gasteiger partial charge in [-0.05, 0) is 51.0 Å². The molecule has 0 aliphatic carbocycles. The zero-order valence-electron chi connectivity index (χ0n) is 11.2. The summed E-state index contributed by atoms with van der Waals surface area (Å²) in [6.45, 7) is 6.86. The zero-order valence-corrected chi connectivity index (χ0v) is 12.0. The second-order valence-electron chi connectivity index (χ2n) is 4.51. The molecule has 1 aromatic heterocycles. The standard InChI is InChI=1S/C13H15NO4S/c1-8-5-9(2)7-12(6-8)18-19(15,16)13-10(3)14-17-11(13)4/h5-7H,1-4H3. The normalized spacial score (nSPS) is 11.6. The molecular weight excluding hydrogens is 266 g/mol. The highest BCUT2D eigenvalue weighted by Gasteiger charge is 2.26. The van der Waals surface area contributed by atoms with Crippen molar-refractivity contribution in [3.8, 4) is 5.75 Å². The van der Waals surface area contributed by atoms with Crippen molar-refractivity contribution in [3.05, 3.63) is 40.8 Å². The van der Waals surface area contributed by atoms with E-state index in [1.54, 1.807) is 19.1 Å². The van der Waals surface area contributed by atoms with Crippen LogP contribution in [-0.4, -0.2) is 13.6 Å². The molecule has 2 aromatic rings. The fourth-order valence-corrected chi connectivity index (χ4v) is 3.20. The number of rotatable bonds is 3. The molecule has 2 rings (SSSR count). The predicted octanol–water partition coefficient (Wildman–Crippen LogP) is 2.68. The molecule has 1 aromatic carbocycles. The molecule has 19 heavy (non-hydrogen) atoms. The lowest BCUT2D eigenvalue weighted by Gasteiger charge is -2.08. The van der Waals surface area contributed by atoms with E-state index < -0.39 is 10.1 Å². The molecule has 0 bridgehead atoms. The van der Waals surface area contributed by atoms with Crippen molar-refractivity contribution < 1.29 is 17.1 Å². The molecule has 0 saturated heterocycles. The van der Waals surface area contributed by atoms with Crippen LogP contribution in [0.4, 0.5) is 0 Å². The van der Waals surface area contributed by atoms with Crippen molar-refractivity contribution in [2.24, 2.45) is 0 Å². The van der Waals surface area contributed by atoms with Crippen molar-refractivity contribution in [1.29, 1.82) is 0 Å². The number of aryl methyl sites for hydroxylation is 4. The summed E-state index contributed by atoms with van der Waals surface area (Å²) in [5.41, 5.74) is 2.16. The molecule has 0 fully saturated rings. The Labute approximate surface area is 112 Å². The van der Waals surface area contributed by atoms with E-state index in [0.29, 0.717) is 5.69 Å². The van der Waals surface area contributed by atoms with E-state index in [4.69, 9.17) is 8.71 Å². The van der Waals surface area contributed by atoms with Gasteiger partial charge in [-0.3, -0.25) is 0 Å². The third-order valence-electron chi connectivity index (χ3n) is 2.62. The van der Waals surface area contributed by atoms with Crippen LogP contribution in [0.2, 0.25) is 0 Å². The molecule has 6 heteroatoms. The number of nitrogens with zero attached hydrogens (tertiary/aromatic N) is 1. The molecule has 0 spiro atoms.